The summed E-state index contributed by atoms with van der Waals surface area (Å²) in [5, 5.41) is 13.7. The smallest absolute Gasteiger partial charge is 0.149 e. The third-order valence-electron chi connectivity index (χ3n) is 2.87. The average Bonchev–Trinajstić information content (AvgIpc) is 2.82. The first-order valence-electron chi connectivity index (χ1n) is 5.06. The van der Waals surface area contributed by atoms with E-state index in [0.717, 1.165) is 0 Å². The number of hydrogen-bond acceptors (Lipinski definition) is 3. The number of nitrogens with zero attached hydrogens (tertiary/aromatic N) is 3. The molecule has 0 amide bonds. The van der Waals surface area contributed by atoms with Gasteiger partial charge in [-0.3, -0.25) is 0 Å². The van der Waals surface area contributed by atoms with E-state index in [1.54, 1.807) is 12.1 Å². The summed E-state index contributed by atoms with van der Waals surface area (Å²) in [5.41, 5.74) is 0.168. The highest BCUT2D eigenvalue weighted by Crippen LogP contribution is 2.45. The van der Waals surface area contributed by atoms with E-state index in [1.807, 2.05) is 0 Å². The molecule has 0 spiro atoms. The monoisotopic (exact) mass is 219 g/mol. The van der Waals surface area contributed by atoms with E-state index in [0.29, 0.717) is 24.1 Å². The lowest BCUT2D eigenvalue weighted by Crippen LogP contribution is -2.06. The fourth-order valence-corrected chi connectivity index (χ4v) is 1.72. The number of rotatable bonds is 2. The van der Waals surface area contributed by atoms with Crippen LogP contribution in [0.2, 0.25) is 0 Å². The van der Waals surface area contributed by atoms with Crippen LogP contribution in [-0.2, 0) is 5.60 Å². The molecule has 0 unspecified atom stereocenters. The summed E-state index contributed by atoms with van der Waals surface area (Å²) in [6.45, 7) is 0. The van der Waals surface area contributed by atoms with Crippen LogP contribution in [0, 0.1) is 5.82 Å². The molecular formula is C11H10FN3O. The number of hydrogen-bond donors (Lipinski definition) is 1. The molecule has 0 aliphatic heterocycles. The molecule has 4 nitrogen and oxygen atoms in total. The van der Waals surface area contributed by atoms with Crippen LogP contribution in [-0.4, -0.2) is 19.9 Å². The van der Waals surface area contributed by atoms with Crippen molar-refractivity contribution in [3.63, 3.8) is 0 Å². The van der Waals surface area contributed by atoms with Gasteiger partial charge >= 0.3 is 0 Å². The van der Waals surface area contributed by atoms with E-state index in [1.165, 1.54) is 23.4 Å². The summed E-state index contributed by atoms with van der Waals surface area (Å²) in [6.07, 6.45) is 4.19. The van der Waals surface area contributed by atoms with Gasteiger partial charge in [0.05, 0.1) is 5.60 Å². The highest BCUT2D eigenvalue weighted by atomic mass is 19.1. The van der Waals surface area contributed by atoms with E-state index in [-0.39, 0.29) is 0 Å². The van der Waals surface area contributed by atoms with Crippen LogP contribution in [0.5, 0.6) is 0 Å². The van der Waals surface area contributed by atoms with Crippen molar-refractivity contribution >= 4 is 0 Å². The number of benzene rings is 1. The van der Waals surface area contributed by atoms with Gasteiger partial charge in [-0.25, -0.2) is 14.1 Å². The van der Waals surface area contributed by atoms with Crippen molar-refractivity contribution in [2.75, 3.05) is 0 Å². The second-order valence-electron chi connectivity index (χ2n) is 4.04. The lowest BCUT2D eigenvalue weighted by Gasteiger charge is -2.09. The second kappa shape index (κ2) is 3.12. The molecule has 1 aliphatic carbocycles. The van der Waals surface area contributed by atoms with E-state index < -0.39 is 11.4 Å². The summed E-state index contributed by atoms with van der Waals surface area (Å²) >= 11 is 0. The van der Waals surface area contributed by atoms with Gasteiger partial charge in [0.15, 0.2) is 0 Å². The normalized spacial score (nSPS) is 17.4. The molecule has 5 heteroatoms. The summed E-state index contributed by atoms with van der Waals surface area (Å²) < 4.78 is 15.1. The molecule has 0 bridgehead atoms. The van der Waals surface area contributed by atoms with Crippen LogP contribution >= 0.6 is 0 Å². The minimum absolute atomic E-state index is 0.338. The maximum absolute atomic E-state index is 13.8. The molecule has 1 aliphatic rings. The van der Waals surface area contributed by atoms with Crippen molar-refractivity contribution in [1.82, 2.24) is 14.8 Å². The molecular weight excluding hydrogens is 209 g/mol. The van der Waals surface area contributed by atoms with Gasteiger partial charge in [-0.1, -0.05) is 6.07 Å². The lowest BCUT2D eigenvalue weighted by molar-refractivity contribution is 0.151. The van der Waals surface area contributed by atoms with Crippen LogP contribution in [0.1, 0.15) is 18.4 Å². The number of halogens is 1. The molecule has 0 saturated heterocycles. The molecule has 2 aromatic rings. The summed E-state index contributed by atoms with van der Waals surface area (Å²) in [6, 6.07) is 4.70. The largest absolute Gasteiger partial charge is 0.385 e. The van der Waals surface area contributed by atoms with Gasteiger partial charge in [0.2, 0.25) is 0 Å². The molecule has 3 rings (SSSR count). The van der Waals surface area contributed by atoms with E-state index in [4.69, 9.17) is 0 Å². The maximum Gasteiger partial charge on any atom is 0.149 e. The van der Waals surface area contributed by atoms with Gasteiger partial charge in [0, 0.05) is 0 Å². The van der Waals surface area contributed by atoms with Crippen molar-refractivity contribution in [2.24, 2.45) is 0 Å². The third kappa shape index (κ3) is 1.40. The molecule has 0 radical (unpaired) electrons. The maximum atomic E-state index is 13.8. The number of aromatic nitrogens is 3. The molecule has 1 heterocycles. The zero-order valence-electron chi connectivity index (χ0n) is 8.47. The zero-order valence-corrected chi connectivity index (χ0v) is 8.47. The van der Waals surface area contributed by atoms with Gasteiger partial charge in [0.1, 0.15) is 24.2 Å². The second-order valence-corrected chi connectivity index (χ2v) is 4.04. The van der Waals surface area contributed by atoms with Gasteiger partial charge in [-0.2, -0.15) is 5.10 Å². The Hall–Kier alpha value is -1.75. The first-order chi connectivity index (χ1) is 7.69. The van der Waals surface area contributed by atoms with Gasteiger partial charge in [-0.05, 0) is 30.5 Å². The van der Waals surface area contributed by atoms with E-state index in [2.05, 4.69) is 10.1 Å². The van der Waals surface area contributed by atoms with Crippen molar-refractivity contribution in [3.05, 3.63) is 42.2 Å². The van der Waals surface area contributed by atoms with E-state index in [9.17, 15) is 9.50 Å². The van der Waals surface area contributed by atoms with E-state index >= 15 is 0 Å². The Morgan fingerprint density at radius 3 is 2.75 bits per heavy atom. The molecule has 16 heavy (non-hydrogen) atoms. The van der Waals surface area contributed by atoms with Crippen LogP contribution in [0.3, 0.4) is 0 Å². The number of aliphatic hydroxyl groups is 1. The standard InChI is InChI=1S/C11H10FN3O/c12-9-5-8(11(16)3-4-11)1-2-10(9)15-7-13-6-14-15/h1-2,5-7,16H,3-4H2. The molecule has 1 fully saturated rings. The predicted molar refractivity (Wildman–Crippen MR) is 54.4 cm³/mol. The van der Waals surface area contributed by atoms with Crippen LogP contribution in [0.15, 0.2) is 30.9 Å². The Bertz CT molecular complexity index is 520. The first kappa shape index (κ1) is 9.47. The van der Waals surface area contributed by atoms with Crippen molar-refractivity contribution in [2.45, 2.75) is 18.4 Å². The summed E-state index contributed by atoms with van der Waals surface area (Å²) in [4.78, 5) is 3.76. The summed E-state index contributed by atoms with van der Waals surface area (Å²) in [5.74, 6) is -0.400. The van der Waals surface area contributed by atoms with Crippen molar-refractivity contribution < 1.29 is 9.50 Å². The molecule has 1 saturated carbocycles. The third-order valence-corrected chi connectivity index (χ3v) is 2.87. The summed E-state index contributed by atoms with van der Waals surface area (Å²) in [7, 11) is 0. The highest BCUT2D eigenvalue weighted by molar-refractivity contribution is 5.39. The fraction of sp³-hybridized carbons (Fsp3) is 0.273. The lowest BCUT2D eigenvalue weighted by atomic mass is 10.1. The fourth-order valence-electron chi connectivity index (χ4n) is 1.72. The van der Waals surface area contributed by atoms with Crippen LogP contribution in [0.4, 0.5) is 4.39 Å². The first-order valence-corrected chi connectivity index (χ1v) is 5.06. The van der Waals surface area contributed by atoms with Crippen LogP contribution in [0.25, 0.3) is 5.69 Å². The molecule has 1 aromatic heterocycles. The van der Waals surface area contributed by atoms with Gasteiger partial charge in [0.25, 0.3) is 0 Å². The van der Waals surface area contributed by atoms with Gasteiger partial charge < -0.3 is 5.11 Å². The Labute approximate surface area is 91.4 Å². The topological polar surface area (TPSA) is 50.9 Å². The Balaban J connectivity index is 2.04. The highest BCUT2D eigenvalue weighted by Gasteiger charge is 2.42. The molecule has 1 N–H and O–H groups in total. The molecule has 82 valence electrons. The quantitative estimate of drug-likeness (QED) is 0.830. The zero-order chi connectivity index (χ0) is 11.2. The van der Waals surface area contributed by atoms with Crippen LogP contribution < -0.4 is 0 Å². The SMILES string of the molecule is OC1(c2ccc(-n3cncn3)c(F)c2)CC1. The Kier molecular flexibility index (Phi) is 1.85. The minimum atomic E-state index is -0.804. The Morgan fingerprint density at radius 2 is 2.19 bits per heavy atom. The van der Waals surface area contributed by atoms with Gasteiger partial charge in [-0.15, -0.1) is 0 Å². The molecule has 1 aromatic carbocycles. The predicted octanol–water partition coefficient (Wildman–Crippen LogP) is 1.39. The molecule has 0 atom stereocenters. The van der Waals surface area contributed by atoms with Crippen molar-refractivity contribution in [1.29, 1.82) is 0 Å². The minimum Gasteiger partial charge on any atom is -0.385 e. The Morgan fingerprint density at radius 1 is 1.38 bits per heavy atom. The average molecular weight is 219 g/mol. The van der Waals surface area contributed by atoms with Crippen molar-refractivity contribution in [3.8, 4) is 5.69 Å².